The lowest BCUT2D eigenvalue weighted by Gasteiger charge is -2.26. The van der Waals surface area contributed by atoms with Crippen LogP contribution in [-0.4, -0.2) is 0 Å². The van der Waals surface area contributed by atoms with Gasteiger partial charge in [-0.1, -0.05) is 48.5 Å². The molecule has 0 radical (unpaired) electrons. The lowest BCUT2D eigenvalue weighted by Crippen LogP contribution is -2.18. The summed E-state index contributed by atoms with van der Waals surface area (Å²) in [5.41, 5.74) is 0.210. The highest BCUT2D eigenvalue weighted by molar-refractivity contribution is 7.38. The van der Waals surface area contributed by atoms with Gasteiger partial charge in [-0.25, -0.2) is 0 Å². The van der Waals surface area contributed by atoms with Gasteiger partial charge in [0.1, 0.15) is 0 Å². The summed E-state index contributed by atoms with van der Waals surface area (Å²) in [5, 5.41) is 1.45. The molecule has 0 aliphatic rings. The fourth-order valence-corrected chi connectivity index (χ4v) is 8.90. The maximum absolute atomic E-state index is 2.46. The number of hydrogen-bond acceptors (Lipinski definition) is 4. The normalized spacial score (nSPS) is 14.2. The Morgan fingerprint density at radius 1 is 0.714 bits per heavy atom. The molecule has 4 heteroatoms. The highest BCUT2D eigenvalue weighted by atomic mass is 32.2. The van der Waals surface area contributed by atoms with Crippen LogP contribution in [0.25, 0.3) is 18.8 Å². The Hall–Kier alpha value is -0.680. The van der Waals surface area contributed by atoms with Gasteiger partial charge in [-0.15, -0.1) is 45.3 Å². The molecular formula is C24H30S4. The molecule has 0 saturated heterocycles. The van der Waals surface area contributed by atoms with Gasteiger partial charge in [-0.05, 0) is 53.9 Å². The molecule has 0 bridgehead atoms. The summed E-state index contributed by atoms with van der Waals surface area (Å²) in [6, 6.07) is 9.73. The Bertz CT molecular complexity index is 1030. The molecule has 0 N–H and O–H groups in total. The first-order valence-corrected chi connectivity index (χ1v) is 13.5. The van der Waals surface area contributed by atoms with Crippen LogP contribution in [0.4, 0.5) is 0 Å². The standard InChI is InChI=1S/C24H30S4/c1-13(2)17-8-16-9-19(28-23(16)27-17)15(5)12-24(6,7)22-11-21-20(26-22)10-18(25-21)14(3)4/h8-11,13-15H,12H2,1-7H3. The summed E-state index contributed by atoms with van der Waals surface area (Å²) < 4.78 is 4.45. The molecule has 150 valence electrons. The van der Waals surface area contributed by atoms with Crippen molar-refractivity contribution in [2.45, 2.75) is 78.1 Å². The van der Waals surface area contributed by atoms with E-state index >= 15 is 0 Å². The van der Waals surface area contributed by atoms with Crippen LogP contribution in [0.1, 0.15) is 92.1 Å². The summed E-state index contributed by atoms with van der Waals surface area (Å²) >= 11 is 7.99. The topological polar surface area (TPSA) is 0 Å². The van der Waals surface area contributed by atoms with Gasteiger partial charge in [0.2, 0.25) is 0 Å². The molecule has 1 atom stereocenters. The molecule has 0 spiro atoms. The summed E-state index contributed by atoms with van der Waals surface area (Å²) in [5.74, 6) is 1.85. The molecule has 28 heavy (non-hydrogen) atoms. The van der Waals surface area contributed by atoms with Crippen molar-refractivity contribution in [1.29, 1.82) is 0 Å². The Morgan fingerprint density at radius 3 is 1.89 bits per heavy atom. The van der Waals surface area contributed by atoms with Crippen molar-refractivity contribution in [2.24, 2.45) is 0 Å². The van der Waals surface area contributed by atoms with Crippen molar-refractivity contribution >= 4 is 64.1 Å². The van der Waals surface area contributed by atoms with Crippen molar-refractivity contribution in [1.82, 2.24) is 0 Å². The van der Waals surface area contributed by atoms with Gasteiger partial charge in [0.05, 0.1) is 4.01 Å². The van der Waals surface area contributed by atoms with E-state index in [0.717, 1.165) is 0 Å². The van der Waals surface area contributed by atoms with Crippen molar-refractivity contribution in [3.05, 3.63) is 43.8 Å². The fraction of sp³-hybridized carbons (Fsp3) is 0.500. The molecule has 4 aromatic heterocycles. The van der Waals surface area contributed by atoms with Crippen LogP contribution in [0, 0.1) is 0 Å². The predicted octanol–water partition coefficient (Wildman–Crippen LogP) is 9.96. The zero-order valence-electron chi connectivity index (χ0n) is 17.9. The number of thiophene rings is 4. The third-order valence-electron chi connectivity index (χ3n) is 5.59. The number of fused-ring (bicyclic) bond motifs is 2. The van der Waals surface area contributed by atoms with Gasteiger partial charge >= 0.3 is 0 Å². The number of rotatable bonds is 6. The first-order chi connectivity index (χ1) is 13.1. The van der Waals surface area contributed by atoms with E-state index in [4.69, 9.17) is 0 Å². The minimum Gasteiger partial charge on any atom is -0.139 e. The highest BCUT2D eigenvalue weighted by Crippen LogP contribution is 2.46. The minimum atomic E-state index is 0.210. The second-order valence-corrected chi connectivity index (χ2v) is 14.0. The molecule has 0 saturated carbocycles. The van der Waals surface area contributed by atoms with E-state index in [1.54, 1.807) is 4.88 Å². The maximum atomic E-state index is 2.46. The van der Waals surface area contributed by atoms with Gasteiger partial charge in [-0.2, -0.15) is 0 Å². The van der Waals surface area contributed by atoms with E-state index in [2.05, 4.69) is 72.7 Å². The van der Waals surface area contributed by atoms with E-state index < -0.39 is 0 Å². The molecule has 4 aromatic rings. The molecular weight excluding hydrogens is 417 g/mol. The van der Waals surface area contributed by atoms with Crippen LogP contribution in [0.2, 0.25) is 0 Å². The first-order valence-electron chi connectivity index (χ1n) is 10.2. The van der Waals surface area contributed by atoms with Gasteiger partial charge in [-0.3, -0.25) is 0 Å². The first kappa shape index (κ1) is 20.6. The van der Waals surface area contributed by atoms with Crippen molar-refractivity contribution in [3.8, 4) is 0 Å². The van der Waals surface area contributed by atoms with Crippen LogP contribution in [0.5, 0.6) is 0 Å². The summed E-state index contributed by atoms with van der Waals surface area (Å²) in [6.45, 7) is 16.4. The third kappa shape index (κ3) is 3.86. The molecule has 0 aliphatic carbocycles. The molecule has 4 rings (SSSR count). The molecule has 1 unspecified atom stereocenters. The van der Waals surface area contributed by atoms with Crippen LogP contribution in [0.3, 0.4) is 0 Å². The van der Waals surface area contributed by atoms with E-state index in [1.165, 1.54) is 39.9 Å². The van der Waals surface area contributed by atoms with Gasteiger partial charge in [0.25, 0.3) is 0 Å². The van der Waals surface area contributed by atoms with Gasteiger partial charge < -0.3 is 0 Å². The van der Waals surface area contributed by atoms with E-state index in [-0.39, 0.29) is 5.41 Å². The predicted molar refractivity (Wildman–Crippen MR) is 134 cm³/mol. The smallest absolute Gasteiger partial charge is 0.0870 e. The molecule has 0 aliphatic heterocycles. The average Bonchev–Trinajstić information content (AvgIpc) is 3.31. The van der Waals surface area contributed by atoms with Crippen molar-refractivity contribution in [2.75, 3.05) is 0 Å². The molecule has 0 aromatic carbocycles. The largest absolute Gasteiger partial charge is 0.139 e. The summed E-state index contributed by atoms with van der Waals surface area (Å²) in [7, 11) is 0. The lowest BCUT2D eigenvalue weighted by atomic mass is 9.81. The minimum absolute atomic E-state index is 0.210. The zero-order chi connectivity index (χ0) is 20.2. The Morgan fingerprint density at radius 2 is 1.29 bits per heavy atom. The Kier molecular flexibility index (Phi) is 5.54. The maximum Gasteiger partial charge on any atom is 0.0870 e. The number of hydrogen-bond donors (Lipinski definition) is 0. The van der Waals surface area contributed by atoms with Gasteiger partial charge in [0, 0.05) is 34.3 Å². The SMILES string of the molecule is CC(C)c1cc2sc(C(C)(C)CC(C)c3cc4cc(C(C)C)sc4s3)cc2s1. The summed E-state index contributed by atoms with van der Waals surface area (Å²) in [6.07, 6.45) is 1.20. The van der Waals surface area contributed by atoms with Crippen LogP contribution >= 0.6 is 45.3 Å². The quantitative estimate of drug-likeness (QED) is 0.276. The highest BCUT2D eigenvalue weighted by Gasteiger charge is 2.28. The van der Waals surface area contributed by atoms with Crippen LogP contribution < -0.4 is 0 Å². The monoisotopic (exact) mass is 446 g/mol. The van der Waals surface area contributed by atoms with Crippen LogP contribution in [0.15, 0.2) is 24.3 Å². The van der Waals surface area contributed by atoms with E-state index in [1.807, 2.05) is 45.3 Å². The van der Waals surface area contributed by atoms with E-state index in [9.17, 15) is 0 Å². The fourth-order valence-electron chi connectivity index (χ4n) is 3.84. The third-order valence-corrected chi connectivity index (χ3v) is 11.5. The molecule has 0 fully saturated rings. The molecule has 0 nitrogen and oxygen atoms in total. The van der Waals surface area contributed by atoms with Gasteiger partial charge in [0.15, 0.2) is 0 Å². The average molecular weight is 447 g/mol. The van der Waals surface area contributed by atoms with Crippen molar-refractivity contribution < 1.29 is 0 Å². The zero-order valence-corrected chi connectivity index (χ0v) is 21.1. The van der Waals surface area contributed by atoms with Crippen LogP contribution in [-0.2, 0) is 5.41 Å². The Labute approximate surface area is 185 Å². The second kappa shape index (κ2) is 7.54. The van der Waals surface area contributed by atoms with E-state index in [0.29, 0.717) is 17.8 Å². The Balaban J connectivity index is 1.54. The lowest BCUT2D eigenvalue weighted by molar-refractivity contribution is 0.449. The second-order valence-electron chi connectivity index (χ2n) is 9.33. The molecule has 0 amide bonds. The molecule has 4 heterocycles. The van der Waals surface area contributed by atoms with Crippen molar-refractivity contribution in [3.63, 3.8) is 0 Å². The summed E-state index contributed by atoms with van der Waals surface area (Å²) in [4.78, 5) is 6.11.